The van der Waals surface area contributed by atoms with E-state index in [1.165, 1.54) is 5.69 Å². The van der Waals surface area contributed by atoms with E-state index in [1.807, 2.05) is 23.8 Å². The molecule has 0 fully saturated rings. The maximum absolute atomic E-state index is 4.29. The van der Waals surface area contributed by atoms with E-state index in [2.05, 4.69) is 35.5 Å². The standard InChI is InChI=1S/C11H15N3/c1-9(12-2)8-11-5-3-4-10-6-7-13-14(10)11/h3-7,9,12H,8H2,1-2H3. The van der Waals surface area contributed by atoms with Gasteiger partial charge in [-0.15, -0.1) is 0 Å². The van der Waals surface area contributed by atoms with Crippen molar-refractivity contribution in [2.24, 2.45) is 0 Å². The van der Waals surface area contributed by atoms with Gasteiger partial charge in [0.25, 0.3) is 0 Å². The Bertz CT molecular complexity index is 419. The molecule has 0 amide bonds. The summed E-state index contributed by atoms with van der Waals surface area (Å²) in [4.78, 5) is 0. The van der Waals surface area contributed by atoms with Crippen molar-refractivity contribution in [1.82, 2.24) is 14.9 Å². The van der Waals surface area contributed by atoms with E-state index >= 15 is 0 Å². The summed E-state index contributed by atoms with van der Waals surface area (Å²) in [6, 6.07) is 8.77. The van der Waals surface area contributed by atoms with Gasteiger partial charge >= 0.3 is 0 Å². The summed E-state index contributed by atoms with van der Waals surface area (Å²) in [5, 5.41) is 7.52. The van der Waals surface area contributed by atoms with Crippen LogP contribution in [0.3, 0.4) is 0 Å². The lowest BCUT2D eigenvalue weighted by Crippen LogP contribution is -2.24. The van der Waals surface area contributed by atoms with Crippen LogP contribution in [0.15, 0.2) is 30.5 Å². The van der Waals surface area contributed by atoms with Gasteiger partial charge in [0.05, 0.1) is 5.52 Å². The van der Waals surface area contributed by atoms with Crippen molar-refractivity contribution in [3.8, 4) is 0 Å². The molecule has 74 valence electrons. The van der Waals surface area contributed by atoms with Gasteiger partial charge < -0.3 is 5.32 Å². The summed E-state index contributed by atoms with van der Waals surface area (Å²) in [5.41, 5.74) is 2.40. The summed E-state index contributed by atoms with van der Waals surface area (Å²) in [6.45, 7) is 2.17. The fraction of sp³-hybridized carbons (Fsp3) is 0.364. The van der Waals surface area contributed by atoms with Crippen LogP contribution in [0.4, 0.5) is 0 Å². The van der Waals surface area contributed by atoms with E-state index in [0.717, 1.165) is 11.9 Å². The molecular formula is C11H15N3. The number of nitrogens with one attached hydrogen (secondary N) is 1. The van der Waals surface area contributed by atoms with Crippen molar-refractivity contribution >= 4 is 5.52 Å². The van der Waals surface area contributed by atoms with E-state index in [4.69, 9.17) is 0 Å². The third-order valence-electron chi connectivity index (χ3n) is 2.51. The molecule has 2 aromatic heterocycles. The number of likely N-dealkylation sites (N-methyl/N-ethyl adjacent to an activating group) is 1. The van der Waals surface area contributed by atoms with E-state index in [9.17, 15) is 0 Å². The van der Waals surface area contributed by atoms with Crippen molar-refractivity contribution in [3.63, 3.8) is 0 Å². The smallest absolute Gasteiger partial charge is 0.0664 e. The summed E-state index contributed by atoms with van der Waals surface area (Å²) < 4.78 is 1.99. The largest absolute Gasteiger partial charge is 0.317 e. The predicted molar refractivity (Wildman–Crippen MR) is 57.4 cm³/mol. The van der Waals surface area contributed by atoms with Gasteiger partial charge in [0, 0.05) is 24.4 Å². The summed E-state index contributed by atoms with van der Waals surface area (Å²) >= 11 is 0. The molecule has 3 nitrogen and oxygen atoms in total. The summed E-state index contributed by atoms with van der Waals surface area (Å²) in [7, 11) is 1.98. The van der Waals surface area contributed by atoms with Crippen molar-refractivity contribution in [2.45, 2.75) is 19.4 Å². The molecule has 1 N–H and O–H groups in total. The molecule has 1 atom stereocenters. The molecule has 2 heterocycles. The van der Waals surface area contributed by atoms with E-state index in [1.54, 1.807) is 0 Å². The molecule has 2 rings (SSSR count). The molecule has 3 heteroatoms. The first kappa shape index (κ1) is 9.21. The van der Waals surface area contributed by atoms with Gasteiger partial charge in [0.15, 0.2) is 0 Å². The molecule has 0 saturated carbocycles. The highest BCUT2D eigenvalue weighted by molar-refractivity contribution is 5.46. The highest BCUT2D eigenvalue weighted by atomic mass is 15.2. The second-order valence-electron chi connectivity index (χ2n) is 3.58. The van der Waals surface area contributed by atoms with Gasteiger partial charge in [-0.2, -0.15) is 5.10 Å². The highest BCUT2D eigenvalue weighted by Gasteiger charge is 2.04. The Morgan fingerprint density at radius 1 is 1.43 bits per heavy atom. The summed E-state index contributed by atoms with van der Waals surface area (Å²) in [6.07, 6.45) is 2.83. The number of fused-ring (bicyclic) bond motifs is 1. The lowest BCUT2D eigenvalue weighted by molar-refractivity contribution is 0.591. The predicted octanol–water partition coefficient (Wildman–Crippen LogP) is 1.48. The van der Waals surface area contributed by atoms with Gasteiger partial charge in [0.1, 0.15) is 0 Å². The van der Waals surface area contributed by atoms with Crippen LogP contribution in [0.2, 0.25) is 0 Å². The number of hydrogen-bond acceptors (Lipinski definition) is 2. The number of rotatable bonds is 3. The van der Waals surface area contributed by atoms with Crippen molar-refractivity contribution in [3.05, 3.63) is 36.2 Å². The molecule has 0 radical (unpaired) electrons. The minimum Gasteiger partial charge on any atom is -0.317 e. The molecular weight excluding hydrogens is 174 g/mol. The molecule has 0 bridgehead atoms. The minimum absolute atomic E-state index is 0.477. The molecule has 0 spiro atoms. The molecule has 0 aliphatic heterocycles. The first-order chi connectivity index (χ1) is 6.81. The average molecular weight is 189 g/mol. The summed E-state index contributed by atoms with van der Waals surface area (Å²) in [5.74, 6) is 0. The number of nitrogens with zero attached hydrogens (tertiary/aromatic N) is 2. The van der Waals surface area contributed by atoms with Gasteiger partial charge in [-0.1, -0.05) is 6.07 Å². The Morgan fingerprint density at radius 2 is 2.29 bits per heavy atom. The zero-order valence-corrected chi connectivity index (χ0v) is 8.57. The Balaban J connectivity index is 2.36. The molecule has 2 aromatic rings. The van der Waals surface area contributed by atoms with Crippen LogP contribution >= 0.6 is 0 Å². The maximum atomic E-state index is 4.29. The molecule has 1 unspecified atom stereocenters. The fourth-order valence-corrected chi connectivity index (χ4v) is 1.58. The van der Waals surface area contributed by atoms with E-state index in [0.29, 0.717) is 6.04 Å². The molecule has 0 aliphatic carbocycles. The van der Waals surface area contributed by atoms with Gasteiger partial charge in [0.2, 0.25) is 0 Å². The Hall–Kier alpha value is -1.35. The number of pyridine rings is 1. The Morgan fingerprint density at radius 3 is 3.07 bits per heavy atom. The van der Waals surface area contributed by atoms with Crippen molar-refractivity contribution < 1.29 is 0 Å². The van der Waals surface area contributed by atoms with Crippen LogP contribution in [-0.2, 0) is 6.42 Å². The van der Waals surface area contributed by atoms with Crippen LogP contribution < -0.4 is 5.32 Å². The zero-order chi connectivity index (χ0) is 9.97. The zero-order valence-electron chi connectivity index (χ0n) is 8.57. The topological polar surface area (TPSA) is 29.3 Å². The lowest BCUT2D eigenvalue weighted by atomic mass is 10.1. The quantitative estimate of drug-likeness (QED) is 0.792. The molecule has 0 aromatic carbocycles. The third-order valence-corrected chi connectivity index (χ3v) is 2.51. The van der Waals surface area contributed by atoms with E-state index < -0.39 is 0 Å². The Labute approximate surface area is 83.7 Å². The van der Waals surface area contributed by atoms with E-state index in [-0.39, 0.29) is 0 Å². The van der Waals surface area contributed by atoms with Crippen LogP contribution in [0.5, 0.6) is 0 Å². The normalized spacial score (nSPS) is 13.3. The van der Waals surface area contributed by atoms with Gasteiger partial charge in [-0.3, -0.25) is 0 Å². The van der Waals surface area contributed by atoms with Crippen LogP contribution in [-0.4, -0.2) is 22.7 Å². The van der Waals surface area contributed by atoms with Gasteiger partial charge in [-0.25, -0.2) is 4.52 Å². The molecule has 0 aliphatic rings. The average Bonchev–Trinajstić information content (AvgIpc) is 2.66. The van der Waals surface area contributed by atoms with Crippen LogP contribution in [0.25, 0.3) is 5.52 Å². The molecule has 14 heavy (non-hydrogen) atoms. The fourth-order valence-electron chi connectivity index (χ4n) is 1.58. The van der Waals surface area contributed by atoms with Crippen LogP contribution in [0, 0.1) is 0 Å². The third kappa shape index (κ3) is 1.63. The van der Waals surface area contributed by atoms with Crippen molar-refractivity contribution in [1.29, 1.82) is 0 Å². The van der Waals surface area contributed by atoms with Gasteiger partial charge in [-0.05, 0) is 32.2 Å². The number of hydrogen-bond donors (Lipinski definition) is 1. The maximum Gasteiger partial charge on any atom is 0.0664 e. The second-order valence-corrected chi connectivity index (χ2v) is 3.58. The second kappa shape index (κ2) is 3.80. The minimum atomic E-state index is 0.477. The lowest BCUT2D eigenvalue weighted by Gasteiger charge is -2.10. The van der Waals surface area contributed by atoms with Crippen molar-refractivity contribution in [2.75, 3.05) is 7.05 Å². The SMILES string of the molecule is CNC(C)Cc1cccc2ccnn12. The highest BCUT2D eigenvalue weighted by Crippen LogP contribution is 2.08. The Kier molecular flexibility index (Phi) is 2.50. The monoisotopic (exact) mass is 189 g/mol. The molecule has 0 saturated heterocycles. The number of aromatic nitrogens is 2. The first-order valence-corrected chi connectivity index (χ1v) is 4.90. The van der Waals surface area contributed by atoms with Crippen LogP contribution in [0.1, 0.15) is 12.6 Å². The first-order valence-electron chi connectivity index (χ1n) is 4.90.